The van der Waals surface area contributed by atoms with Crippen molar-refractivity contribution in [3.05, 3.63) is 54.6 Å². The van der Waals surface area contributed by atoms with Crippen molar-refractivity contribution in [1.29, 1.82) is 0 Å². The van der Waals surface area contributed by atoms with Gasteiger partial charge in [-0.05, 0) is 36.8 Å². The molecule has 0 heterocycles. The van der Waals surface area contributed by atoms with Crippen LogP contribution < -0.4 is 14.4 Å². The van der Waals surface area contributed by atoms with Gasteiger partial charge in [0.2, 0.25) is 10.0 Å². The highest BCUT2D eigenvalue weighted by Crippen LogP contribution is 2.21. The Morgan fingerprint density at radius 3 is 2.44 bits per heavy atom. The minimum atomic E-state index is -3.37. The van der Waals surface area contributed by atoms with Gasteiger partial charge in [0.05, 0.1) is 11.9 Å². The quantitative estimate of drug-likeness (QED) is 0.822. The first kappa shape index (κ1) is 18.8. The summed E-state index contributed by atoms with van der Waals surface area (Å²) in [6.07, 6.45) is 0.988. The Morgan fingerprint density at radius 2 is 1.84 bits per heavy atom. The second kappa shape index (κ2) is 8.02. The summed E-state index contributed by atoms with van der Waals surface area (Å²) in [5, 5.41) is 2.77. The number of sulfonamides is 1. The van der Waals surface area contributed by atoms with E-state index in [1.807, 2.05) is 25.1 Å². The smallest absolute Gasteiger partial charge is 0.265 e. The van der Waals surface area contributed by atoms with E-state index in [1.54, 1.807) is 36.4 Å². The van der Waals surface area contributed by atoms with E-state index >= 15 is 0 Å². The first-order valence-electron chi connectivity index (χ1n) is 7.88. The minimum absolute atomic E-state index is 0.287. The summed E-state index contributed by atoms with van der Waals surface area (Å²) >= 11 is 0. The van der Waals surface area contributed by atoms with Crippen LogP contribution in [0.1, 0.15) is 13.3 Å². The predicted molar refractivity (Wildman–Crippen MR) is 99.5 cm³/mol. The summed E-state index contributed by atoms with van der Waals surface area (Å²) in [4.78, 5) is 12.5. The van der Waals surface area contributed by atoms with Crippen LogP contribution in [0.5, 0.6) is 5.75 Å². The molecule has 1 atom stereocenters. The normalized spacial score (nSPS) is 12.3. The average molecular weight is 362 g/mol. The van der Waals surface area contributed by atoms with E-state index in [0.717, 1.165) is 10.6 Å². The fourth-order valence-corrected chi connectivity index (χ4v) is 2.68. The van der Waals surface area contributed by atoms with Crippen molar-refractivity contribution in [2.45, 2.75) is 19.4 Å². The summed E-state index contributed by atoms with van der Waals surface area (Å²) in [7, 11) is -1.90. The van der Waals surface area contributed by atoms with Gasteiger partial charge in [-0.15, -0.1) is 0 Å². The van der Waals surface area contributed by atoms with Crippen LogP contribution in [-0.4, -0.2) is 33.7 Å². The van der Waals surface area contributed by atoms with Gasteiger partial charge in [-0.2, -0.15) is 0 Å². The number of benzene rings is 2. The summed E-state index contributed by atoms with van der Waals surface area (Å²) in [5.41, 5.74) is 0.977. The lowest BCUT2D eigenvalue weighted by Crippen LogP contribution is -2.32. The van der Waals surface area contributed by atoms with Gasteiger partial charge in [-0.25, -0.2) is 8.42 Å². The maximum Gasteiger partial charge on any atom is 0.265 e. The third-order valence-corrected chi connectivity index (χ3v) is 4.87. The van der Waals surface area contributed by atoms with Gasteiger partial charge in [-0.1, -0.05) is 31.2 Å². The highest BCUT2D eigenvalue weighted by molar-refractivity contribution is 7.92. The molecule has 134 valence electrons. The zero-order valence-corrected chi connectivity index (χ0v) is 15.3. The van der Waals surface area contributed by atoms with E-state index in [4.69, 9.17) is 4.74 Å². The van der Waals surface area contributed by atoms with Crippen LogP contribution in [0, 0.1) is 0 Å². The van der Waals surface area contributed by atoms with E-state index in [0.29, 0.717) is 23.5 Å². The Labute approximate surface area is 148 Å². The molecule has 2 aromatic rings. The largest absolute Gasteiger partial charge is 0.481 e. The van der Waals surface area contributed by atoms with Gasteiger partial charge >= 0.3 is 0 Å². The predicted octanol–water partition coefficient (Wildman–Crippen LogP) is 2.88. The number of ether oxygens (including phenoxy) is 1. The molecule has 1 N–H and O–H groups in total. The molecule has 0 bridgehead atoms. The molecule has 0 saturated carbocycles. The monoisotopic (exact) mass is 362 g/mol. The summed E-state index contributed by atoms with van der Waals surface area (Å²) < 4.78 is 30.1. The van der Waals surface area contributed by atoms with Crippen LogP contribution in [0.3, 0.4) is 0 Å². The summed E-state index contributed by atoms with van der Waals surface area (Å²) in [6.45, 7) is 1.86. The van der Waals surface area contributed by atoms with Crippen LogP contribution in [0.4, 0.5) is 11.4 Å². The van der Waals surface area contributed by atoms with E-state index in [-0.39, 0.29) is 5.91 Å². The Kier molecular flexibility index (Phi) is 6.03. The molecule has 0 aromatic heterocycles. The number of carbonyl (C=O) groups excluding carboxylic acids is 1. The molecule has 7 heteroatoms. The molecule has 0 spiro atoms. The molecule has 0 saturated heterocycles. The van der Waals surface area contributed by atoms with E-state index in [9.17, 15) is 13.2 Å². The van der Waals surface area contributed by atoms with Crippen molar-refractivity contribution in [3.63, 3.8) is 0 Å². The van der Waals surface area contributed by atoms with Gasteiger partial charge < -0.3 is 10.1 Å². The molecule has 1 amide bonds. The van der Waals surface area contributed by atoms with E-state index in [1.165, 1.54) is 7.05 Å². The minimum Gasteiger partial charge on any atom is -0.481 e. The van der Waals surface area contributed by atoms with Crippen LogP contribution in [-0.2, 0) is 14.8 Å². The van der Waals surface area contributed by atoms with Gasteiger partial charge in [0.15, 0.2) is 6.10 Å². The molecule has 2 rings (SSSR count). The van der Waals surface area contributed by atoms with Crippen molar-refractivity contribution >= 4 is 27.3 Å². The van der Waals surface area contributed by atoms with Crippen LogP contribution in [0.2, 0.25) is 0 Å². The van der Waals surface area contributed by atoms with Crippen molar-refractivity contribution in [1.82, 2.24) is 0 Å². The van der Waals surface area contributed by atoms with Gasteiger partial charge in [0.25, 0.3) is 5.91 Å². The highest BCUT2D eigenvalue weighted by atomic mass is 32.2. The molecule has 0 aliphatic carbocycles. The van der Waals surface area contributed by atoms with Crippen LogP contribution in [0.15, 0.2) is 54.6 Å². The molecular weight excluding hydrogens is 340 g/mol. The Balaban J connectivity index is 2.11. The summed E-state index contributed by atoms with van der Waals surface area (Å²) in [5.74, 6) is 0.334. The lowest BCUT2D eigenvalue weighted by molar-refractivity contribution is -0.122. The van der Waals surface area contributed by atoms with Gasteiger partial charge in [-0.3, -0.25) is 9.10 Å². The Hall–Kier alpha value is -2.54. The first-order chi connectivity index (χ1) is 11.8. The van der Waals surface area contributed by atoms with Crippen LogP contribution in [0.25, 0.3) is 0 Å². The van der Waals surface area contributed by atoms with Crippen molar-refractivity contribution in [3.8, 4) is 5.75 Å². The van der Waals surface area contributed by atoms with Crippen LogP contribution >= 0.6 is 0 Å². The Bertz CT molecular complexity index is 822. The number of nitrogens with one attached hydrogen (secondary N) is 1. The number of anilines is 2. The lowest BCUT2D eigenvalue weighted by atomic mass is 10.2. The standard InChI is InChI=1S/C18H22N2O4S/c1-4-17(24-16-11-6-5-7-12-16)18(21)19-14-9-8-10-15(13-14)20(2)25(3,22)23/h5-13,17H,4H2,1-3H3,(H,19,21)/t17-/m0/s1. The third kappa shape index (κ3) is 5.22. The maximum absolute atomic E-state index is 12.5. The highest BCUT2D eigenvalue weighted by Gasteiger charge is 2.19. The molecule has 6 nitrogen and oxygen atoms in total. The SMILES string of the molecule is CC[C@H](Oc1ccccc1)C(=O)Nc1cccc(N(C)S(C)(=O)=O)c1. The maximum atomic E-state index is 12.5. The average Bonchev–Trinajstić information content (AvgIpc) is 2.59. The lowest BCUT2D eigenvalue weighted by Gasteiger charge is -2.19. The van der Waals surface area contributed by atoms with E-state index < -0.39 is 16.1 Å². The number of hydrogen-bond acceptors (Lipinski definition) is 4. The molecular formula is C18H22N2O4S. The second-order valence-electron chi connectivity index (χ2n) is 5.60. The zero-order chi connectivity index (χ0) is 18.4. The molecule has 0 unspecified atom stereocenters. The zero-order valence-electron chi connectivity index (χ0n) is 14.5. The number of amides is 1. The van der Waals surface area contributed by atoms with Gasteiger partial charge in [0, 0.05) is 12.7 Å². The Morgan fingerprint density at radius 1 is 1.16 bits per heavy atom. The van der Waals surface area contributed by atoms with Crippen molar-refractivity contribution < 1.29 is 17.9 Å². The molecule has 0 radical (unpaired) electrons. The molecule has 2 aromatic carbocycles. The molecule has 0 aliphatic rings. The topological polar surface area (TPSA) is 75.7 Å². The fraction of sp³-hybridized carbons (Fsp3) is 0.278. The molecule has 0 aliphatic heterocycles. The van der Waals surface area contributed by atoms with Crippen molar-refractivity contribution in [2.75, 3.05) is 22.9 Å². The number of carbonyl (C=O) groups is 1. The molecule has 25 heavy (non-hydrogen) atoms. The van der Waals surface area contributed by atoms with Crippen molar-refractivity contribution in [2.24, 2.45) is 0 Å². The first-order valence-corrected chi connectivity index (χ1v) is 9.72. The van der Waals surface area contributed by atoms with E-state index in [2.05, 4.69) is 5.32 Å². The summed E-state index contributed by atoms with van der Waals surface area (Å²) in [6, 6.07) is 15.8. The number of nitrogens with zero attached hydrogens (tertiary/aromatic N) is 1. The number of para-hydroxylation sites is 1. The molecule has 0 fully saturated rings. The number of hydrogen-bond donors (Lipinski definition) is 1. The number of rotatable bonds is 7. The fourth-order valence-electron chi connectivity index (χ4n) is 2.18. The third-order valence-electron chi connectivity index (χ3n) is 3.66. The second-order valence-corrected chi connectivity index (χ2v) is 7.61. The van der Waals surface area contributed by atoms with Gasteiger partial charge in [0.1, 0.15) is 5.75 Å².